The van der Waals surface area contributed by atoms with Gasteiger partial charge >= 0.3 is 6.09 Å². The van der Waals surface area contributed by atoms with Gasteiger partial charge in [0.1, 0.15) is 6.61 Å². The zero-order valence-electron chi connectivity index (χ0n) is 16.5. The first-order chi connectivity index (χ1) is 13.5. The van der Waals surface area contributed by atoms with Gasteiger partial charge in [-0.25, -0.2) is 4.79 Å². The van der Waals surface area contributed by atoms with Crippen LogP contribution in [0.15, 0.2) is 48.5 Å². The monoisotopic (exact) mass is 380 g/mol. The topological polar surface area (TPSA) is 53.0 Å². The van der Waals surface area contributed by atoms with Gasteiger partial charge in [-0.3, -0.25) is 4.90 Å². The van der Waals surface area contributed by atoms with E-state index in [0.29, 0.717) is 26.2 Å². The number of benzene rings is 2. The molecule has 5 heteroatoms. The molecule has 1 heterocycles. The first-order valence-corrected chi connectivity index (χ1v) is 10.1. The minimum absolute atomic E-state index is 0.0882. The van der Waals surface area contributed by atoms with Crippen molar-refractivity contribution < 1.29 is 14.6 Å². The maximum absolute atomic E-state index is 12.7. The summed E-state index contributed by atoms with van der Waals surface area (Å²) in [5, 5.41) is 9.62. The Hall–Kier alpha value is -2.37. The number of aliphatic hydroxyl groups excluding tert-OH is 1. The number of β-amino-alcohol motifs (C(OH)–C–C–N with tert-alkyl or cyclic N) is 1. The molecule has 2 aromatic carbocycles. The molecule has 0 radical (unpaired) electrons. The smallest absolute Gasteiger partial charge is 0.409 e. The summed E-state index contributed by atoms with van der Waals surface area (Å²) in [5.41, 5.74) is 4.93. The lowest BCUT2D eigenvalue weighted by molar-refractivity contribution is 0.0342. The zero-order valence-corrected chi connectivity index (χ0v) is 16.5. The normalized spacial score (nSPS) is 20.5. The summed E-state index contributed by atoms with van der Waals surface area (Å²) in [6.07, 6.45) is -0.603. The Morgan fingerprint density at radius 3 is 2.29 bits per heavy atom. The van der Waals surface area contributed by atoms with E-state index >= 15 is 0 Å². The quantitative estimate of drug-likeness (QED) is 0.884. The lowest BCUT2D eigenvalue weighted by Gasteiger charge is -2.39. The standard InChI is InChI=1S/C23H28N2O3/c1-16-13-25(12-11-24(16)14-17(2)26)23(27)28-15-22-20-9-5-3-7-18(20)19-8-4-6-10-21(19)22/h3-10,16-17,22,26H,11-15H2,1-2H3. The van der Waals surface area contributed by atoms with Crippen LogP contribution in [-0.4, -0.2) is 65.9 Å². The van der Waals surface area contributed by atoms with E-state index in [0.717, 1.165) is 6.54 Å². The van der Waals surface area contributed by atoms with E-state index in [2.05, 4.69) is 48.2 Å². The molecular formula is C23H28N2O3. The number of ether oxygens (including phenoxy) is 1. The van der Waals surface area contributed by atoms with Crippen LogP contribution in [0.2, 0.25) is 0 Å². The third-order valence-corrected chi connectivity index (χ3v) is 5.86. The van der Waals surface area contributed by atoms with E-state index in [9.17, 15) is 9.90 Å². The predicted molar refractivity (Wildman–Crippen MR) is 109 cm³/mol. The summed E-state index contributed by atoms with van der Waals surface area (Å²) in [6.45, 7) is 6.90. The van der Waals surface area contributed by atoms with Crippen LogP contribution in [-0.2, 0) is 4.74 Å². The Labute approximate surface area is 166 Å². The van der Waals surface area contributed by atoms with Crippen LogP contribution in [0.1, 0.15) is 30.9 Å². The molecule has 1 saturated heterocycles. The van der Waals surface area contributed by atoms with E-state index in [4.69, 9.17) is 4.74 Å². The maximum Gasteiger partial charge on any atom is 0.409 e. The Morgan fingerprint density at radius 2 is 1.71 bits per heavy atom. The van der Waals surface area contributed by atoms with Gasteiger partial charge in [-0.1, -0.05) is 48.5 Å². The number of hydrogen-bond acceptors (Lipinski definition) is 4. The Balaban J connectivity index is 1.41. The van der Waals surface area contributed by atoms with Crippen molar-refractivity contribution in [3.8, 4) is 11.1 Å². The molecule has 0 spiro atoms. The fourth-order valence-corrected chi connectivity index (χ4v) is 4.46. The van der Waals surface area contributed by atoms with Gasteiger partial charge in [0, 0.05) is 38.1 Å². The Morgan fingerprint density at radius 1 is 1.11 bits per heavy atom. The predicted octanol–water partition coefficient (Wildman–Crippen LogP) is 3.32. The van der Waals surface area contributed by atoms with Crippen LogP contribution in [0, 0.1) is 0 Å². The average Bonchev–Trinajstić information content (AvgIpc) is 3.01. The molecule has 5 nitrogen and oxygen atoms in total. The van der Waals surface area contributed by atoms with Crippen molar-refractivity contribution in [2.45, 2.75) is 31.9 Å². The van der Waals surface area contributed by atoms with E-state index < -0.39 is 0 Å². The minimum atomic E-state index is -0.358. The van der Waals surface area contributed by atoms with Gasteiger partial charge in [0.25, 0.3) is 0 Å². The van der Waals surface area contributed by atoms with Crippen LogP contribution in [0.4, 0.5) is 4.79 Å². The van der Waals surface area contributed by atoms with E-state index in [1.807, 2.05) is 12.1 Å². The van der Waals surface area contributed by atoms with Gasteiger partial charge in [-0.15, -0.1) is 0 Å². The number of aliphatic hydroxyl groups is 1. The molecule has 1 aliphatic carbocycles. The molecule has 148 valence electrons. The van der Waals surface area contributed by atoms with Gasteiger partial charge in [-0.2, -0.15) is 0 Å². The minimum Gasteiger partial charge on any atom is -0.448 e. The molecule has 1 N–H and O–H groups in total. The van der Waals surface area contributed by atoms with Crippen molar-refractivity contribution in [3.63, 3.8) is 0 Å². The van der Waals surface area contributed by atoms with Crippen LogP contribution >= 0.6 is 0 Å². The van der Waals surface area contributed by atoms with Crippen molar-refractivity contribution in [2.75, 3.05) is 32.8 Å². The second kappa shape index (κ2) is 7.94. The van der Waals surface area contributed by atoms with Crippen molar-refractivity contribution in [2.24, 2.45) is 0 Å². The summed E-state index contributed by atoms with van der Waals surface area (Å²) in [6, 6.07) is 16.9. The molecule has 0 bridgehead atoms. The Bertz CT molecular complexity index is 806. The number of carbonyl (C=O) groups is 1. The van der Waals surface area contributed by atoms with Gasteiger partial charge in [0.2, 0.25) is 0 Å². The third kappa shape index (κ3) is 3.64. The van der Waals surface area contributed by atoms with Crippen molar-refractivity contribution in [3.05, 3.63) is 59.7 Å². The molecule has 4 rings (SSSR count). The number of fused-ring (bicyclic) bond motifs is 3. The van der Waals surface area contributed by atoms with Crippen LogP contribution < -0.4 is 0 Å². The SMILES string of the molecule is CC(O)CN1CCN(C(=O)OCC2c3ccccc3-c3ccccc32)CC1C. The van der Waals surface area contributed by atoms with Gasteiger partial charge in [0.15, 0.2) is 0 Å². The fraction of sp³-hybridized carbons (Fsp3) is 0.435. The largest absolute Gasteiger partial charge is 0.448 e. The van der Waals surface area contributed by atoms with Crippen molar-refractivity contribution in [1.82, 2.24) is 9.80 Å². The highest BCUT2D eigenvalue weighted by Crippen LogP contribution is 2.44. The number of nitrogens with zero attached hydrogens (tertiary/aromatic N) is 2. The summed E-state index contributed by atoms with van der Waals surface area (Å²) < 4.78 is 5.76. The molecule has 1 fully saturated rings. The fourth-order valence-electron chi connectivity index (χ4n) is 4.46. The highest BCUT2D eigenvalue weighted by Gasteiger charge is 2.31. The highest BCUT2D eigenvalue weighted by atomic mass is 16.6. The second-order valence-electron chi connectivity index (χ2n) is 7.94. The van der Waals surface area contributed by atoms with Crippen LogP contribution in [0.3, 0.4) is 0 Å². The lowest BCUT2D eigenvalue weighted by Crippen LogP contribution is -2.55. The van der Waals surface area contributed by atoms with E-state index in [1.165, 1.54) is 22.3 Å². The van der Waals surface area contributed by atoms with Gasteiger partial charge in [-0.05, 0) is 36.1 Å². The molecule has 0 saturated carbocycles. The number of piperazine rings is 1. The molecule has 2 atom stereocenters. The summed E-state index contributed by atoms with van der Waals surface area (Å²) in [5.74, 6) is 0.0882. The second-order valence-corrected chi connectivity index (χ2v) is 7.94. The average molecular weight is 380 g/mol. The van der Waals surface area contributed by atoms with E-state index in [-0.39, 0.29) is 24.2 Å². The van der Waals surface area contributed by atoms with Gasteiger partial charge < -0.3 is 14.7 Å². The molecule has 1 aliphatic heterocycles. The van der Waals surface area contributed by atoms with Crippen LogP contribution in [0.5, 0.6) is 0 Å². The number of hydrogen-bond donors (Lipinski definition) is 1. The summed E-state index contributed by atoms with van der Waals surface area (Å²) in [4.78, 5) is 16.7. The zero-order chi connectivity index (χ0) is 19.7. The highest BCUT2D eigenvalue weighted by molar-refractivity contribution is 5.79. The number of rotatable bonds is 4. The lowest BCUT2D eigenvalue weighted by atomic mass is 9.98. The summed E-state index contributed by atoms with van der Waals surface area (Å²) in [7, 11) is 0. The summed E-state index contributed by atoms with van der Waals surface area (Å²) >= 11 is 0. The molecule has 28 heavy (non-hydrogen) atoms. The number of amides is 1. The molecule has 2 aromatic rings. The van der Waals surface area contributed by atoms with Gasteiger partial charge in [0.05, 0.1) is 6.10 Å². The Kier molecular flexibility index (Phi) is 5.38. The van der Waals surface area contributed by atoms with Crippen LogP contribution in [0.25, 0.3) is 11.1 Å². The third-order valence-electron chi connectivity index (χ3n) is 5.86. The van der Waals surface area contributed by atoms with E-state index in [1.54, 1.807) is 11.8 Å². The molecule has 0 aromatic heterocycles. The maximum atomic E-state index is 12.7. The van der Waals surface area contributed by atoms with Crippen molar-refractivity contribution in [1.29, 1.82) is 0 Å². The molecular weight excluding hydrogens is 352 g/mol. The van der Waals surface area contributed by atoms with Crippen molar-refractivity contribution >= 4 is 6.09 Å². The molecule has 2 unspecified atom stereocenters. The number of carbonyl (C=O) groups excluding carboxylic acids is 1. The first-order valence-electron chi connectivity index (χ1n) is 10.1. The molecule has 2 aliphatic rings. The molecule has 1 amide bonds. The first kappa shape index (κ1) is 19.0.